The maximum atomic E-state index is 13.1. The molecule has 1 fully saturated rings. The predicted molar refractivity (Wildman–Crippen MR) is 144 cm³/mol. The van der Waals surface area contributed by atoms with Crippen LogP contribution in [0.15, 0.2) is 83.9 Å². The standard InChI is InChI=1S/C26H25F3N4O2.C2HF3O2/c27-26(28,29)21-9-5-11-23(17-21)32-12-14-33(15-13-32)25(30-18-19-6-2-1-3-7-19)31-22-10-4-8-20(16-22)24(34)35;3-2(4,5)1(6)7/h1-11,16-17H,12-15,18H2,(H,30,31)(H,34,35);(H,6,7). The number of aliphatic imine (C=N–C) groups is 1. The molecule has 3 aromatic rings. The summed E-state index contributed by atoms with van der Waals surface area (Å²) >= 11 is 0. The number of nitrogens with zero attached hydrogens (tertiary/aromatic N) is 3. The van der Waals surface area contributed by atoms with Crippen LogP contribution in [0.2, 0.25) is 0 Å². The lowest BCUT2D eigenvalue weighted by molar-refractivity contribution is -0.192. The fraction of sp³-hybridized carbons (Fsp3) is 0.250. The highest BCUT2D eigenvalue weighted by Gasteiger charge is 2.38. The maximum Gasteiger partial charge on any atom is 0.490 e. The number of piperazine rings is 1. The molecule has 14 heteroatoms. The number of nitrogens with one attached hydrogen (secondary N) is 1. The molecule has 0 aliphatic carbocycles. The average molecular weight is 597 g/mol. The van der Waals surface area contributed by atoms with Gasteiger partial charge in [0.1, 0.15) is 0 Å². The summed E-state index contributed by atoms with van der Waals surface area (Å²) in [5, 5.41) is 19.7. The first-order chi connectivity index (χ1) is 19.7. The first kappa shape index (κ1) is 31.8. The molecule has 3 N–H and O–H groups in total. The third-order valence-electron chi connectivity index (χ3n) is 5.98. The number of aromatic carboxylic acids is 1. The van der Waals surface area contributed by atoms with Crippen molar-refractivity contribution in [2.75, 3.05) is 36.4 Å². The van der Waals surface area contributed by atoms with Crippen molar-refractivity contribution >= 4 is 29.3 Å². The maximum absolute atomic E-state index is 13.1. The van der Waals surface area contributed by atoms with Crippen LogP contribution in [-0.2, 0) is 17.5 Å². The van der Waals surface area contributed by atoms with E-state index in [0.29, 0.717) is 50.1 Å². The second-order valence-corrected chi connectivity index (χ2v) is 8.96. The molecular formula is C28H26F6N4O4. The Hall–Kier alpha value is -4.75. The highest BCUT2D eigenvalue weighted by molar-refractivity contribution is 5.96. The van der Waals surface area contributed by atoms with E-state index >= 15 is 0 Å². The smallest absolute Gasteiger partial charge is 0.478 e. The molecule has 0 aromatic heterocycles. The molecule has 0 radical (unpaired) electrons. The van der Waals surface area contributed by atoms with Crippen LogP contribution >= 0.6 is 0 Å². The average Bonchev–Trinajstić information content (AvgIpc) is 2.95. The van der Waals surface area contributed by atoms with E-state index in [-0.39, 0.29) is 5.56 Å². The van der Waals surface area contributed by atoms with E-state index in [0.717, 1.165) is 11.6 Å². The number of benzene rings is 3. The molecule has 0 atom stereocenters. The molecule has 0 bridgehead atoms. The SMILES string of the molecule is O=C(O)C(F)(F)F.O=C(O)c1cccc(NC(=NCc2ccccc2)N2CCN(c3cccc(C(F)(F)F)c3)CC2)c1. The monoisotopic (exact) mass is 596 g/mol. The van der Waals surface area contributed by atoms with Gasteiger partial charge in [0.25, 0.3) is 0 Å². The van der Waals surface area contributed by atoms with Crippen LogP contribution < -0.4 is 10.2 Å². The Morgan fingerprint density at radius 1 is 0.810 bits per heavy atom. The van der Waals surface area contributed by atoms with E-state index in [1.807, 2.05) is 40.1 Å². The molecule has 1 heterocycles. The number of guanidine groups is 1. The van der Waals surface area contributed by atoms with Crippen LogP contribution in [0.25, 0.3) is 0 Å². The van der Waals surface area contributed by atoms with Gasteiger partial charge in [-0.15, -0.1) is 0 Å². The molecule has 224 valence electrons. The van der Waals surface area contributed by atoms with E-state index in [1.54, 1.807) is 24.3 Å². The predicted octanol–water partition coefficient (Wildman–Crippen LogP) is 5.83. The molecular weight excluding hydrogens is 570 g/mol. The Labute approximate surface area is 236 Å². The highest BCUT2D eigenvalue weighted by Crippen LogP contribution is 2.32. The third kappa shape index (κ3) is 9.42. The molecule has 8 nitrogen and oxygen atoms in total. The molecule has 0 amide bonds. The topological polar surface area (TPSA) is 105 Å². The number of carboxylic acids is 2. The van der Waals surface area contributed by atoms with Crippen LogP contribution in [-0.4, -0.2) is 65.4 Å². The van der Waals surface area contributed by atoms with Crippen LogP contribution in [0.3, 0.4) is 0 Å². The van der Waals surface area contributed by atoms with Gasteiger partial charge in [0, 0.05) is 37.6 Å². The van der Waals surface area contributed by atoms with Gasteiger partial charge in [0.2, 0.25) is 0 Å². The van der Waals surface area contributed by atoms with Gasteiger partial charge in [0.15, 0.2) is 5.96 Å². The quantitative estimate of drug-likeness (QED) is 0.194. The zero-order valence-electron chi connectivity index (χ0n) is 21.9. The molecule has 3 aromatic carbocycles. The zero-order valence-corrected chi connectivity index (χ0v) is 21.9. The third-order valence-corrected chi connectivity index (χ3v) is 5.98. The summed E-state index contributed by atoms with van der Waals surface area (Å²) in [4.78, 5) is 29.0. The second kappa shape index (κ2) is 13.7. The minimum atomic E-state index is -5.08. The normalized spacial score (nSPS) is 14.1. The van der Waals surface area contributed by atoms with Gasteiger partial charge in [-0.25, -0.2) is 14.6 Å². The molecule has 0 unspecified atom stereocenters. The number of carbonyl (C=O) groups is 2. The van der Waals surface area contributed by atoms with Gasteiger partial charge >= 0.3 is 24.3 Å². The van der Waals surface area contributed by atoms with Gasteiger partial charge in [0.05, 0.1) is 17.7 Å². The molecule has 42 heavy (non-hydrogen) atoms. The lowest BCUT2D eigenvalue weighted by atomic mass is 10.1. The number of aliphatic carboxylic acids is 1. The minimum absolute atomic E-state index is 0.159. The summed E-state index contributed by atoms with van der Waals surface area (Å²) in [6.45, 7) is 2.53. The summed E-state index contributed by atoms with van der Waals surface area (Å²) in [6, 6.07) is 21.6. The molecule has 1 saturated heterocycles. The number of halogens is 6. The number of carboxylic acid groups (broad SMARTS) is 2. The summed E-state index contributed by atoms with van der Waals surface area (Å²) in [7, 11) is 0. The second-order valence-electron chi connectivity index (χ2n) is 8.96. The van der Waals surface area contributed by atoms with E-state index in [2.05, 4.69) is 5.32 Å². The number of hydrogen-bond acceptors (Lipinski definition) is 4. The van der Waals surface area contributed by atoms with E-state index in [4.69, 9.17) is 14.9 Å². The van der Waals surface area contributed by atoms with Crippen molar-refractivity contribution in [2.45, 2.75) is 18.9 Å². The van der Waals surface area contributed by atoms with Crippen molar-refractivity contribution in [3.05, 3.63) is 95.6 Å². The summed E-state index contributed by atoms with van der Waals surface area (Å²) in [5.74, 6) is -3.20. The number of anilines is 2. The van der Waals surface area contributed by atoms with Gasteiger partial charge in [-0.05, 0) is 42.0 Å². The van der Waals surface area contributed by atoms with Crippen LogP contribution in [0, 0.1) is 0 Å². The minimum Gasteiger partial charge on any atom is -0.478 e. The summed E-state index contributed by atoms with van der Waals surface area (Å²) < 4.78 is 71.1. The first-order valence-corrected chi connectivity index (χ1v) is 12.4. The largest absolute Gasteiger partial charge is 0.490 e. The van der Waals surface area contributed by atoms with Crippen molar-refractivity contribution < 1.29 is 46.1 Å². The van der Waals surface area contributed by atoms with Crippen LogP contribution in [0.1, 0.15) is 21.5 Å². The van der Waals surface area contributed by atoms with E-state index in [1.165, 1.54) is 18.2 Å². The number of hydrogen-bond donors (Lipinski definition) is 3. The molecule has 0 saturated carbocycles. The summed E-state index contributed by atoms with van der Waals surface area (Å²) in [6.07, 6.45) is -9.47. The van der Waals surface area contributed by atoms with E-state index in [9.17, 15) is 36.2 Å². The number of alkyl halides is 6. The Kier molecular flexibility index (Phi) is 10.4. The van der Waals surface area contributed by atoms with Gasteiger partial charge in [-0.3, -0.25) is 0 Å². The fourth-order valence-corrected chi connectivity index (χ4v) is 3.88. The van der Waals surface area contributed by atoms with E-state index < -0.39 is 29.9 Å². The number of rotatable bonds is 5. The van der Waals surface area contributed by atoms with Crippen molar-refractivity contribution in [2.24, 2.45) is 4.99 Å². The Morgan fingerprint density at radius 2 is 1.43 bits per heavy atom. The molecule has 1 aliphatic heterocycles. The fourth-order valence-electron chi connectivity index (χ4n) is 3.88. The molecule has 4 rings (SSSR count). The molecule has 1 aliphatic rings. The van der Waals surface area contributed by atoms with Crippen LogP contribution in [0.4, 0.5) is 37.7 Å². The van der Waals surface area contributed by atoms with Crippen molar-refractivity contribution in [1.82, 2.24) is 4.90 Å². The molecule has 0 spiro atoms. The Balaban J connectivity index is 0.000000616. The Bertz CT molecular complexity index is 1390. The zero-order chi connectivity index (χ0) is 30.9. The Morgan fingerprint density at radius 3 is 2.00 bits per heavy atom. The van der Waals surface area contributed by atoms with Crippen molar-refractivity contribution in [3.8, 4) is 0 Å². The lowest BCUT2D eigenvalue weighted by Gasteiger charge is -2.38. The van der Waals surface area contributed by atoms with Gasteiger partial charge in [-0.1, -0.05) is 42.5 Å². The van der Waals surface area contributed by atoms with Gasteiger partial charge < -0.3 is 25.3 Å². The lowest BCUT2D eigenvalue weighted by Crippen LogP contribution is -2.50. The summed E-state index contributed by atoms with van der Waals surface area (Å²) in [5.41, 5.74) is 1.64. The van der Waals surface area contributed by atoms with Gasteiger partial charge in [-0.2, -0.15) is 26.3 Å². The van der Waals surface area contributed by atoms with Crippen molar-refractivity contribution in [1.29, 1.82) is 0 Å². The van der Waals surface area contributed by atoms with Crippen LogP contribution in [0.5, 0.6) is 0 Å². The highest BCUT2D eigenvalue weighted by atomic mass is 19.4. The van der Waals surface area contributed by atoms with Crippen molar-refractivity contribution in [3.63, 3.8) is 0 Å². The first-order valence-electron chi connectivity index (χ1n) is 12.4.